The molecule has 16 heavy (non-hydrogen) atoms. The summed E-state index contributed by atoms with van der Waals surface area (Å²) in [6, 6.07) is 3.72. The Bertz CT molecular complexity index is 468. The molecule has 0 spiro atoms. The average Bonchev–Trinajstić information content (AvgIpc) is 2.82. The van der Waals surface area contributed by atoms with E-state index in [2.05, 4.69) is 16.2 Å². The molecule has 0 saturated heterocycles. The van der Waals surface area contributed by atoms with Gasteiger partial charge in [-0.05, 0) is 18.6 Å². The van der Waals surface area contributed by atoms with Gasteiger partial charge < -0.3 is 14.4 Å². The second-order valence-corrected chi connectivity index (χ2v) is 3.77. The van der Waals surface area contributed by atoms with Crippen LogP contribution in [0.1, 0.15) is 24.1 Å². The van der Waals surface area contributed by atoms with Crippen LogP contribution in [0.4, 0.5) is 0 Å². The fraction of sp³-hybridized carbons (Fsp3) is 0.333. The molecule has 0 amide bonds. The van der Waals surface area contributed by atoms with E-state index in [1.165, 1.54) is 18.4 Å². The summed E-state index contributed by atoms with van der Waals surface area (Å²) in [4.78, 5) is 8.72. The number of fused-ring (bicyclic) bond motifs is 1. The smallest absolute Gasteiger partial charge is 0.474 e. The van der Waals surface area contributed by atoms with Crippen LogP contribution in [0.3, 0.4) is 0 Å². The molecule has 0 atom stereocenters. The van der Waals surface area contributed by atoms with Crippen LogP contribution in [-0.2, 0) is 12.8 Å². The van der Waals surface area contributed by atoms with Crippen molar-refractivity contribution in [2.75, 3.05) is 0 Å². The minimum Gasteiger partial charge on any atom is -0.474 e. The normalized spacial score (nSPS) is 14.0. The Hall–Kier alpha value is 0.165. The Morgan fingerprint density at radius 2 is 2.12 bits per heavy atom. The van der Waals surface area contributed by atoms with Gasteiger partial charge in [0.1, 0.15) is 5.76 Å². The molecular formula is C12H11N2ORb. The van der Waals surface area contributed by atoms with Gasteiger partial charge in [-0.1, -0.05) is 31.2 Å². The van der Waals surface area contributed by atoms with Crippen LogP contribution >= 0.6 is 0 Å². The first-order chi connectivity index (χ1) is 7.43. The van der Waals surface area contributed by atoms with Gasteiger partial charge in [-0.3, -0.25) is 0 Å². The maximum atomic E-state index is 5.27. The zero-order valence-electron chi connectivity index (χ0n) is 9.36. The number of hydrogen-bond donors (Lipinski definition) is 0. The minimum atomic E-state index is 0. The Labute approximate surface area is 143 Å². The molecule has 0 fully saturated rings. The van der Waals surface area contributed by atoms with Crippen LogP contribution in [0.25, 0.3) is 11.6 Å². The minimum absolute atomic E-state index is 0. The third-order valence-electron chi connectivity index (χ3n) is 2.72. The van der Waals surface area contributed by atoms with Gasteiger partial charge in [-0.25, -0.2) is 0 Å². The van der Waals surface area contributed by atoms with Crippen LogP contribution in [-0.4, -0.2) is 9.97 Å². The quantitative estimate of drug-likeness (QED) is 0.658. The van der Waals surface area contributed by atoms with E-state index >= 15 is 0 Å². The van der Waals surface area contributed by atoms with E-state index in [0.717, 1.165) is 24.3 Å². The Kier molecular flexibility index (Phi) is 4.47. The van der Waals surface area contributed by atoms with Gasteiger partial charge in [-0.2, -0.15) is 0 Å². The van der Waals surface area contributed by atoms with E-state index in [4.69, 9.17) is 4.42 Å². The van der Waals surface area contributed by atoms with Crippen LogP contribution in [0.5, 0.6) is 0 Å². The molecule has 0 saturated carbocycles. The van der Waals surface area contributed by atoms with Gasteiger partial charge in [0.15, 0.2) is 0 Å². The molecule has 76 valence electrons. The molecule has 2 aromatic heterocycles. The third kappa shape index (κ3) is 2.53. The van der Waals surface area contributed by atoms with E-state index in [9.17, 15) is 0 Å². The van der Waals surface area contributed by atoms with Crippen LogP contribution < -0.4 is 58.2 Å². The summed E-state index contributed by atoms with van der Waals surface area (Å²) in [7, 11) is 0. The third-order valence-corrected chi connectivity index (χ3v) is 2.72. The number of furan rings is 1. The molecule has 0 radical (unpaired) electrons. The maximum absolute atomic E-state index is 5.27. The van der Waals surface area contributed by atoms with Gasteiger partial charge in [0.2, 0.25) is 0 Å². The van der Waals surface area contributed by atoms with Crippen LogP contribution in [0.2, 0.25) is 0 Å². The molecular weight excluding hydrogens is 274 g/mol. The largest absolute Gasteiger partial charge is 1.00 e. The summed E-state index contributed by atoms with van der Waals surface area (Å²) < 4.78 is 5.27. The van der Waals surface area contributed by atoms with Crippen molar-refractivity contribution in [3.05, 3.63) is 35.9 Å². The van der Waals surface area contributed by atoms with Crippen LogP contribution in [0, 0.1) is 6.20 Å². The first-order valence-electron chi connectivity index (χ1n) is 5.25. The molecule has 0 aromatic carbocycles. The Morgan fingerprint density at radius 1 is 1.25 bits per heavy atom. The summed E-state index contributed by atoms with van der Waals surface area (Å²) in [6.45, 7) is 0. The fourth-order valence-electron chi connectivity index (χ4n) is 1.92. The average molecular weight is 285 g/mol. The number of hydrogen-bond acceptors (Lipinski definition) is 3. The molecule has 0 bridgehead atoms. The summed E-state index contributed by atoms with van der Waals surface area (Å²) in [6.07, 6.45) is 9.26. The van der Waals surface area contributed by atoms with E-state index in [1.54, 1.807) is 6.26 Å². The molecule has 0 unspecified atom stereocenters. The molecule has 0 aliphatic heterocycles. The first kappa shape index (κ1) is 12.6. The molecule has 3 nitrogen and oxygen atoms in total. The van der Waals surface area contributed by atoms with Gasteiger partial charge in [0.25, 0.3) is 0 Å². The van der Waals surface area contributed by atoms with Crippen molar-refractivity contribution < 1.29 is 62.6 Å². The molecule has 2 heterocycles. The van der Waals surface area contributed by atoms with Gasteiger partial charge >= 0.3 is 58.2 Å². The number of rotatable bonds is 1. The fourth-order valence-corrected chi connectivity index (χ4v) is 1.92. The van der Waals surface area contributed by atoms with Gasteiger partial charge in [0, 0.05) is 0 Å². The second kappa shape index (κ2) is 5.67. The summed E-state index contributed by atoms with van der Waals surface area (Å²) >= 11 is 0. The first-order valence-corrected chi connectivity index (χ1v) is 5.25. The van der Waals surface area contributed by atoms with Crippen LogP contribution in [0.15, 0.2) is 22.8 Å². The van der Waals surface area contributed by atoms with Crippen molar-refractivity contribution in [1.29, 1.82) is 0 Å². The zero-order valence-corrected chi connectivity index (χ0v) is 14.3. The van der Waals surface area contributed by atoms with Crippen molar-refractivity contribution >= 4 is 0 Å². The standard InChI is InChI=1S/C12H11N2O.Rb/c1-2-5-10-9(4-1)8-13-12(14-10)11-6-3-7-15-11;/h3,6-7H,1-2,4-5H2;/q-1;+1. The van der Waals surface area contributed by atoms with E-state index in [-0.39, 0.29) is 58.2 Å². The molecule has 2 aromatic rings. The molecule has 4 heteroatoms. The van der Waals surface area contributed by atoms with Crippen molar-refractivity contribution in [3.63, 3.8) is 0 Å². The topological polar surface area (TPSA) is 38.9 Å². The predicted molar refractivity (Wildman–Crippen MR) is 55.2 cm³/mol. The number of aromatic nitrogens is 2. The Balaban J connectivity index is 0.000000963. The van der Waals surface area contributed by atoms with Crippen molar-refractivity contribution in [2.45, 2.75) is 25.7 Å². The molecule has 0 N–H and O–H groups in total. The number of aryl methyl sites for hydroxylation is 2. The zero-order chi connectivity index (χ0) is 10.1. The Morgan fingerprint density at radius 3 is 2.94 bits per heavy atom. The van der Waals surface area contributed by atoms with Gasteiger partial charge in [0.05, 0.1) is 12.1 Å². The summed E-state index contributed by atoms with van der Waals surface area (Å²) in [5.74, 6) is 1.38. The summed E-state index contributed by atoms with van der Waals surface area (Å²) in [5.41, 5.74) is 2.32. The molecule has 1 aliphatic rings. The van der Waals surface area contributed by atoms with Crippen molar-refractivity contribution in [3.8, 4) is 11.6 Å². The monoisotopic (exact) mass is 284 g/mol. The molecule has 3 rings (SSSR count). The van der Waals surface area contributed by atoms with E-state index in [0.29, 0.717) is 5.82 Å². The van der Waals surface area contributed by atoms with Crippen molar-refractivity contribution in [1.82, 2.24) is 9.97 Å². The van der Waals surface area contributed by atoms with Crippen molar-refractivity contribution in [2.24, 2.45) is 0 Å². The SMILES string of the molecule is [Rb+].[c-]1nc(-c2ccco2)nc2c1CCCC2. The molecule has 1 aliphatic carbocycles. The van der Waals surface area contributed by atoms with E-state index in [1.807, 2.05) is 12.1 Å². The summed E-state index contributed by atoms with van der Waals surface area (Å²) in [5, 5.41) is 0. The van der Waals surface area contributed by atoms with E-state index < -0.39 is 0 Å². The number of nitrogens with zero attached hydrogens (tertiary/aromatic N) is 2. The van der Waals surface area contributed by atoms with Gasteiger partial charge in [-0.15, -0.1) is 5.56 Å². The maximum Gasteiger partial charge on any atom is 1.00 e. The second-order valence-electron chi connectivity index (χ2n) is 3.77. The predicted octanol–water partition coefficient (Wildman–Crippen LogP) is -0.580.